The summed E-state index contributed by atoms with van der Waals surface area (Å²) in [6, 6.07) is 14.2. The Morgan fingerprint density at radius 2 is 1.94 bits per heavy atom. The molecule has 0 atom stereocenters. The monoisotopic (exact) mass is 433 g/mol. The number of anilines is 1. The molecule has 0 radical (unpaired) electrons. The predicted molar refractivity (Wildman–Crippen MR) is 127 cm³/mol. The van der Waals surface area contributed by atoms with E-state index < -0.39 is 0 Å². The number of rotatable bonds is 7. The molecule has 0 saturated heterocycles. The first kappa shape index (κ1) is 21.8. The summed E-state index contributed by atoms with van der Waals surface area (Å²) in [5.74, 6) is 0.612. The van der Waals surface area contributed by atoms with Crippen LogP contribution in [0, 0.1) is 0 Å². The quantitative estimate of drug-likeness (QED) is 0.581. The zero-order valence-electron chi connectivity index (χ0n) is 18.3. The van der Waals surface area contributed by atoms with Gasteiger partial charge >= 0.3 is 0 Å². The van der Waals surface area contributed by atoms with Crippen molar-refractivity contribution < 1.29 is 9.53 Å². The van der Waals surface area contributed by atoms with Crippen molar-refractivity contribution in [2.45, 2.75) is 19.4 Å². The van der Waals surface area contributed by atoms with Crippen molar-refractivity contribution in [2.75, 3.05) is 38.1 Å². The summed E-state index contributed by atoms with van der Waals surface area (Å²) >= 11 is 0. The van der Waals surface area contributed by atoms with Gasteiger partial charge in [-0.3, -0.25) is 9.69 Å². The van der Waals surface area contributed by atoms with Crippen LogP contribution in [0.2, 0.25) is 0 Å². The third-order valence-electron chi connectivity index (χ3n) is 5.97. The Hall–Kier alpha value is -3.45. The van der Waals surface area contributed by atoms with Gasteiger partial charge in [0.25, 0.3) is 5.91 Å². The van der Waals surface area contributed by atoms with E-state index in [0.29, 0.717) is 36.7 Å². The SMILES string of the molecule is N/C=C\C(=C/N)Nc1ccc2c(c1)C(=O)N(CCCN1CCc3ccccc3C1)CCO2. The van der Waals surface area contributed by atoms with Crippen molar-refractivity contribution in [3.05, 3.63) is 83.3 Å². The van der Waals surface area contributed by atoms with Crippen LogP contribution in [0.5, 0.6) is 5.75 Å². The number of ether oxygens (including phenoxy) is 1. The summed E-state index contributed by atoms with van der Waals surface area (Å²) in [5, 5.41) is 3.17. The molecule has 32 heavy (non-hydrogen) atoms. The maximum absolute atomic E-state index is 13.2. The van der Waals surface area contributed by atoms with E-state index in [9.17, 15) is 4.79 Å². The normalized spacial score (nSPS) is 16.9. The molecule has 5 N–H and O–H groups in total. The number of nitrogens with one attached hydrogen (secondary N) is 1. The molecule has 0 aliphatic carbocycles. The zero-order chi connectivity index (χ0) is 22.3. The van der Waals surface area contributed by atoms with Gasteiger partial charge < -0.3 is 26.4 Å². The summed E-state index contributed by atoms with van der Waals surface area (Å²) in [7, 11) is 0. The number of nitrogens with two attached hydrogens (primary N) is 2. The summed E-state index contributed by atoms with van der Waals surface area (Å²) < 4.78 is 5.84. The lowest BCUT2D eigenvalue weighted by Crippen LogP contribution is -2.36. The standard InChI is InChI=1S/C25H31N5O2/c26-10-8-22(17-27)28-21-6-7-24-23(16-21)25(31)30(14-15-32-24)12-3-11-29-13-9-19-4-1-2-5-20(19)18-29/h1-2,4-8,10,16-17,28H,3,9,11-15,18,26-27H2/b10-8-,22-17+. The molecule has 1 amide bonds. The van der Waals surface area contributed by atoms with Gasteiger partial charge in [0, 0.05) is 38.1 Å². The average Bonchev–Trinajstić information content (AvgIpc) is 2.97. The number of benzene rings is 2. The molecule has 0 bridgehead atoms. The fourth-order valence-electron chi connectivity index (χ4n) is 4.29. The molecule has 4 rings (SSSR count). The van der Waals surface area contributed by atoms with Crippen molar-refractivity contribution in [1.82, 2.24) is 9.80 Å². The summed E-state index contributed by atoms with van der Waals surface area (Å²) in [6.07, 6.45) is 6.52. The number of fused-ring (bicyclic) bond motifs is 2. The summed E-state index contributed by atoms with van der Waals surface area (Å²) in [6.45, 7) is 4.82. The molecule has 0 saturated carbocycles. The van der Waals surface area contributed by atoms with Gasteiger partial charge in [-0.05, 0) is 54.4 Å². The van der Waals surface area contributed by atoms with Crippen molar-refractivity contribution in [3.63, 3.8) is 0 Å². The Kier molecular flexibility index (Phi) is 6.97. The highest BCUT2D eigenvalue weighted by molar-refractivity contribution is 5.98. The van der Waals surface area contributed by atoms with Gasteiger partial charge in [-0.1, -0.05) is 24.3 Å². The minimum atomic E-state index is -0.00205. The maximum Gasteiger partial charge on any atom is 0.257 e. The number of hydrogen-bond acceptors (Lipinski definition) is 6. The molecule has 2 aliphatic heterocycles. The van der Waals surface area contributed by atoms with Crippen molar-refractivity contribution in [2.24, 2.45) is 11.5 Å². The Labute approximate surface area is 189 Å². The van der Waals surface area contributed by atoms with Crippen molar-refractivity contribution in [3.8, 4) is 5.75 Å². The van der Waals surface area contributed by atoms with E-state index in [0.717, 1.165) is 38.2 Å². The molecule has 2 heterocycles. The fourth-order valence-corrected chi connectivity index (χ4v) is 4.29. The Balaban J connectivity index is 1.37. The highest BCUT2D eigenvalue weighted by atomic mass is 16.5. The number of nitrogens with zero attached hydrogens (tertiary/aromatic N) is 2. The van der Waals surface area contributed by atoms with Crippen LogP contribution < -0.4 is 21.5 Å². The summed E-state index contributed by atoms with van der Waals surface area (Å²) in [4.78, 5) is 17.6. The highest BCUT2D eigenvalue weighted by Gasteiger charge is 2.24. The molecule has 0 unspecified atom stereocenters. The first-order chi connectivity index (χ1) is 15.7. The molecule has 2 aromatic rings. The van der Waals surface area contributed by atoms with Gasteiger partial charge in [-0.15, -0.1) is 0 Å². The van der Waals surface area contributed by atoms with Gasteiger partial charge in [0.2, 0.25) is 0 Å². The zero-order valence-corrected chi connectivity index (χ0v) is 18.3. The predicted octanol–water partition coefficient (Wildman–Crippen LogP) is 2.65. The molecule has 0 spiro atoms. The fraction of sp³-hybridized carbons (Fsp3) is 0.320. The third-order valence-corrected chi connectivity index (χ3v) is 5.97. The number of amides is 1. The largest absolute Gasteiger partial charge is 0.491 e. The lowest BCUT2D eigenvalue weighted by Gasteiger charge is -2.29. The number of hydrogen-bond donors (Lipinski definition) is 3. The van der Waals surface area contributed by atoms with Crippen LogP contribution in [0.25, 0.3) is 0 Å². The van der Waals surface area contributed by atoms with Crippen LogP contribution >= 0.6 is 0 Å². The van der Waals surface area contributed by atoms with Crippen LogP contribution in [0.15, 0.2) is 66.6 Å². The second-order valence-electron chi connectivity index (χ2n) is 8.11. The van der Waals surface area contributed by atoms with Gasteiger partial charge in [0.15, 0.2) is 0 Å². The molecule has 0 aromatic heterocycles. The van der Waals surface area contributed by atoms with E-state index >= 15 is 0 Å². The molecule has 2 aliphatic rings. The molecule has 7 nitrogen and oxygen atoms in total. The minimum Gasteiger partial charge on any atom is -0.491 e. The Morgan fingerprint density at radius 1 is 1.09 bits per heavy atom. The third kappa shape index (κ3) is 5.06. The summed E-state index contributed by atoms with van der Waals surface area (Å²) in [5.41, 5.74) is 15.9. The second kappa shape index (κ2) is 10.2. The van der Waals surface area contributed by atoms with Gasteiger partial charge in [0.05, 0.1) is 17.8 Å². The van der Waals surface area contributed by atoms with E-state index in [1.165, 1.54) is 23.5 Å². The topological polar surface area (TPSA) is 96.8 Å². The second-order valence-corrected chi connectivity index (χ2v) is 8.11. The first-order valence-electron chi connectivity index (χ1n) is 11.1. The molecule has 0 fully saturated rings. The van der Waals surface area contributed by atoms with Crippen molar-refractivity contribution >= 4 is 11.6 Å². The molecule has 168 valence electrons. The number of carbonyl (C=O) groups is 1. The van der Waals surface area contributed by atoms with Crippen LogP contribution in [0.3, 0.4) is 0 Å². The first-order valence-corrected chi connectivity index (χ1v) is 11.1. The maximum atomic E-state index is 13.2. The number of carbonyl (C=O) groups excluding carboxylic acids is 1. The van der Waals surface area contributed by atoms with Crippen LogP contribution in [0.1, 0.15) is 27.9 Å². The molecule has 7 heteroatoms. The van der Waals surface area contributed by atoms with E-state index in [1.54, 1.807) is 6.08 Å². The lowest BCUT2D eigenvalue weighted by molar-refractivity contribution is 0.0746. The van der Waals surface area contributed by atoms with Crippen LogP contribution in [0.4, 0.5) is 5.69 Å². The minimum absolute atomic E-state index is 0.00205. The van der Waals surface area contributed by atoms with Gasteiger partial charge in [-0.2, -0.15) is 0 Å². The highest BCUT2D eigenvalue weighted by Crippen LogP contribution is 2.27. The molecule has 2 aromatic carbocycles. The Bertz CT molecular complexity index is 1020. The lowest BCUT2D eigenvalue weighted by atomic mass is 10.00. The van der Waals surface area contributed by atoms with E-state index in [2.05, 4.69) is 34.5 Å². The van der Waals surface area contributed by atoms with E-state index in [4.69, 9.17) is 16.2 Å². The van der Waals surface area contributed by atoms with Gasteiger partial charge in [-0.25, -0.2) is 0 Å². The average molecular weight is 434 g/mol. The Morgan fingerprint density at radius 3 is 2.75 bits per heavy atom. The molecular weight excluding hydrogens is 402 g/mol. The molecular formula is C25H31N5O2. The van der Waals surface area contributed by atoms with Gasteiger partial charge in [0.1, 0.15) is 12.4 Å². The number of allylic oxidation sites excluding steroid dienone is 1. The van der Waals surface area contributed by atoms with Crippen molar-refractivity contribution in [1.29, 1.82) is 0 Å². The van der Waals surface area contributed by atoms with E-state index in [1.807, 2.05) is 23.1 Å². The van der Waals surface area contributed by atoms with Crippen LogP contribution in [-0.2, 0) is 13.0 Å². The van der Waals surface area contributed by atoms with Crippen LogP contribution in [-0.4, -0.2) is 48.5 Å². The smallest absolute Gasteiger partial charge is 0.257 e. The van der Waals surface area contributed by atoms with E-state index in [-0.39, 0.29) is 5.91 Å².